The van der Waals surface area contributed by atoms with Crippen LogP contribution in [-0.2, 0) is 16.1 Å². The summed E-state index contributed by atoms with van der Waals surface area (Å²) in [5.74, 6) is 0.599. The molecule has 2 rings (SSSR count). The summed E-state index contributed by atoms with van der Waals surface area (Å²) in [5, 5.41) is 5.41. The van der Waals surface area contributed by atoms with E-state index >= 15 is 0 Å². The maximum absolute atomic E-state index is 12.6. The number of urea groups is 1. The third kappa shape index (κ3) is 4.69. The quantitative estimate of drug-likeness (QED) is 0.672. The molecule has 0 radical (unpaired) electrons. The standard InChI is InChI=1S/C19H27N3O5/c1-12(2)9-19(3)17(24)22(18(25)21-19)11-16(23)20-10-13-6-7-14(26-4)15(8-13)27-5/h6-8,12H,9-11H2,1-5H3,(H,20,23)(H,21,25)/t19-/m1/s1. The number of carbonyl (C=O) groups excluding carboxylic acids is 3. The Morgan fingerprint density at radius 3 is 2.48 bits per heavy atom. The molecule has 1 aromatic carbocycles. The van der Waals surface area contributed by atoms with Gasteiger partial charge in [0.1, 0.15) is 12.1 Å². The maximum atomic E-state index is 12.6. The van der Waals surface area contributed by atoms with E-state index in [4.69, 9.17) is 9.47 Å². The normalized spacial score (nSPS) is 19.3. The second-order valence-electron chi connectivity index (χ2n) is 7.22. The molecule has 148 valence electrons. The van der Waals surface area contributed by atoms with Gasteiger partial charge in [-0.3, -0.25) is 14.5 Å². The lowest BCUT2D eigenvalue weighted by molar-refractivity contribution is -0.135. The Labute approximate surface area is 159 Å². The SMILES string of the molecule is COc1ccc(CNC(=O)CN2C(=O)N[C@](C)(CC(C)C)C2=O)cc1OC. The van der Waals surface area contributed by atoms with Crippen molar-refractivity contribution in [2.45, 2.75) is 39.3 Å². The van der Waals surface area contributed by atoms with E-state index in [0.717, 1.165) is 10.5 Å². The van der Waals surface area contributed by atoms with E-state index in [0.29, 0.717) is 17.9 Å². The van der Waals surface area contributed by atoms with Crippen molar-refractivity contribution in [2.24, 2.45) is 5.92 Å². The summed E-state index contributed by atoms with van der Waals surface area (Å²) < 4.78 is 10.4. The van der Waals surface area contributed by atoms with E-state index in [-0.39, 0.29) is 24.9 Å². The monoisotopic (exact) mass is 377 g/mol. The zero-order chi connectivity index (χ0) is 20.2. The Hall–Kier alpha value is -2.77. The molecular weight excluding hydrogens is 350 g/mol. The number of ether oxygens (including phenoxy) is 2. The van der Waals surface area contributed by atoms with E-state index in [9.17, 15) is 14.4 Å². The molecule has 27 heavy (non-hydrogen) atoms. The molecule has 0 unspecified atom stereocenters. The van der Waals surface area contributed by atoms with Crippen LogP contribution in [0.5, 0.6) is 11.5 Å². The highest BCUT2D eigenvalue weighted by atomic mass is 16.5. The highest BCUT2D eigenvalue weighted by Crippen LogP contribution is 2.27. The topological polar surface area (TPSA) is 97.0 Å². The number of hydrogen-bond donors (Lipinski definition) is 2. The van der Waals surface area contributed by atoms with Gasteiger partial charge < -0.3 is 20.1 Å². The van der Waals surface area contributed by atoms with Crippen LogP contribution in [0.2, 0.25) is 0 Å². The van der Waals surface area contributed by atoms with Gasteiger partial charge in [0.25, 0.3) is 5.91 Å². The first-order valence-electron chi connectivity index (χ1n) is 8.82. The Morgan fingerprint density at radius 1 is 1.22 bits per heavy atom. The van der Waals surface area contributed by atoms with Crippen LogP contribution in [0.25, 0.3) is 0 Å². The Balaban J connectivity index is 1.96. The summed E-state index contributed by atoms with van der Waals surface area (Å²) >= 11 is 0. The lowest BCUT2D eigenvalue weighted by atomic mass is 9.91. The van der Waals surface area contributed by atoms with E-state index in [1.54, 1.807) is 32.2 Å². The van der Waals surface area contributed by atoms with Gasteiger partial charge in [-0.25, -0.2) is 4.79 Å². The van der Waals surface area contributed by atoms with Crippen LogP contribution < -0.4 is 20.1 Å². The minimum absolute atomic E-state index is 0.234. The molecule has 0 aromatic heterocycles. The Kier molecular flexibility index (Phi) is 6.30. The van der Waals surface area contributed by atoms with Gasteiger partial charge in [0, 0.05) is 6.54 Å². The summed E-state index contributed by atoms with van der Waals surface area (Å²) in [6, 6.07) is 4.76. The average Bonchev–Trinajstić information content (AvgIpc) is 2.81. The molecule has 0 spiro atoms. The summed E-state index contributed by atoms with van der Waals surface area (Å²) in [5.41, 5.74) is -0.155. The fourth-order valence-corrected chi connectivity index (χ4v) is 3.24. The van der Waals surface area contributed by atoms with Crippen LogP contribution in [0.4, 0.5) is 4.79 Å². The van der Waals surface area contributed by atoms with Crippen molar-refractivity contribution in [3.8, 4) is 11.5 Å². The molecule has 0 saturated carbocycles. The molecule has 1 atom stereocenters. The van der Waals surface area contributed by atoms with Gasteiger partial charge >= 0.3 is 6.03 Å². The first-order valence-corrected chi connectivity index (χ1v) is 8.82. The average molecular weight is 377 g/mol. The predicted octanol–water partition coefficient (Wildman–Crippen LogP) is 1.68. The van der Waals surface area contributed by atoms with Crippen molar-refractivity contribution in [1.82, 2.24) is 15.5 Å². The van der Waals surface area contributed by atoms with E-state index in [1.807, 2.05) is 13.8 Å². The first kappa shape index (κ1) is 20.5. The summed E-state index contributed by atoms with van der Waals surface area (Å²) in [6.07, 6.45) is 0.515. The van der Waals surface area contributed by atoms with Gasteiger partial charge in [-0.15, -0.1) is 0 Å². The van der Waals surface area contributed by atoms with E-state index in [2.05, 4.69) is 10.6 Å². The maximum Gasteiger partial charge on any atom is 0.325 e. The van der Waals surface area contributed by atoms with Gasteiger partial charge in [-0.05, 0) is 37.0 Å². The fraction of sp³-hybridized carbons (Fsp3) is 0.526. The number of nitrogens with zero attached hydrogens (tertiary/aromatic N) is 1. The van der Waals surface area contributed by atoms with E-state index < -0.39 is 17.5 Å². The molecule has 1 heterocycles. The lowest BCUT2D eigenvalue weighted by Gasteiger charge is -2.23. The summed E-state index contributed by atoms with van der Waals surface area (Å²) in [6.45, 7) is 5.57. The van der Waals surface area contributed by atoms with Crippen molar-refractivity contribution in [2.75, 3.05) is 20.8 Å². The van der Waals surface area contributed by atoms with Crippen LogP contribution in [0, 0.1) is 5.92 Å². The van der Waals surface area contributed by atoms with Crippen LogP contribution in [-0.4, -0.2) is 49.0 Å². The highest BCUT2D eigenvalue weighted by Gasteiger charge is 2.48. The van der Waals surface area contributed by atoms with Crippen LogP contribution in [0.3, 0.4) is 0 Å². The van der Waals surface area contributed by atoms with Gasteiger partial charge in [0.05, 0.1) is 14.2 Å². The Morgan fingerprint density at radius 2 is 1.89 bits per heavy atom. The third-order valence-electron chi connectivity index (χ3n) is 4.40. The van der Waals surface area contributed by atoms with Gasteiger partial charge in [-0.2, -0.15) is 0 Å². The molecule has 1 fully saturated rings. The van der Waals surface area contributed by atoms with Crippen LogP contribution >= 0.6 is 0 Å². The second kappa shape index (κ2) is 8.28. The van der Waals surface area contributed by atoms with Crippen LogP contribution in [0.1, 0.15) is 32.8 Å². The van der Waals surface area contributed by atoms with Gasteiger partial charge in [0.15, 0.2) is 11.5 Å². The van der Waals surface area contributed by atoms with Gasteiger partial charge in [-0.1, -0.05) is 19.9 Å². The van der Waals surface area contributed by atoms with Crippen molar-refractivity contribution in [1.29, 1.82) is 0 Å². The summed E-state index contributed by atoms with van der Waals surface area (Å²) in [4.78, 5) is 37.9. The molecule has 1 aromatic rings. The molecule has 8 heteroatoms. The van der Waals surface area contributed by atoms with Crippen molar-refractivity contribution in [3.63, 3.8) is 0 Å². The number of imide groups is 1. The number of nitrogens with one attached hydrogen (secondary N) is 2. The minimum atomic E-state index is -0.963. The number of carbonyl (C=O) groups is 3. The zero-order valence-corrected chi connectivity index (χ0v) is 16.4. The fourth-order valence-electron chi connectivity index (χ4n) is 3.24. The number of rotatable bonds is 8. The number of methoxy groups -OCH3 is 2. The smallest absolute Gasteiger partial charge is 0.325 e. The van der Waals surface area contributed by atoms with Crippen molar-refractivity contribution < 1.29 is 23.9 Å². The molecule has 1 aliphatic rings. The minimum Gasteiger partial charge on any atom is -0.493 e. The highest BCUT2D eigenvalue weighted by molar-refractivity contribution is 6.08. The molecular formula is C19H27N3O5. The molecule has 1 saturated heterocycles. The molecule has 2 N–H and O–H groups in total. The third-order valence-corrected chi connectivity index (χ3v) is 4.40. The molecule has 8 nitrogen and oxygen atoms in total. The second-order valence-corrected chi connectivity index (χ2v) is 7.22. The number of benzene rings is 1. The largest absolute Gasteiger partial charge is 0.493 e. The Bertz CT molecular complexity index is 734. The van der Waals surface area contributed by atoms with E-state index in [1.165, 1.54) is 7.11 Å². The first-order chi connectivity index (χ1) is 12.7. The van der Waals surface area contributed by atoms with Crippen molar-refractivity contribution in [3.05, 3.63) is 23.8 Å². The molecule has 1 aliphatic heterocycles. The molecule has 4 amide bonds. The van der Waals surface area contributed by atoms with Crippen LogP contribution in [0.15, 0.2) is 18.2 Å². The van der Waals surface area contributed by atoms with Crippen molar-refractivity contribution >= 4 is 17.8 Å². The zero-order valence-electron chi connectivity index (χ0n) is 16.4. The summed E-state index contributed by atoms with van der Waals surface area (Å²) in [7, 11) is 3.08. The number of hydrogen-bond acceptors (Lipinski definition) is 5. The van der Waals surface area contributed by atoms with Gasteiger partial charge in [0.2, 0.25) is 5.91 Å². The number of amides is 4. The lowest BCUT2D eigenvalue weighted by Crippen LogP contribution is -2.46. The molecule has 0 aliphatic carbocycles. The predicted molar refractivity (Wildman–Crippen MR) is 99.5 cm³/mol. The molecule has 0 bridgehead atoms.